The second-order valence-electron chi connectivity index (χ2n) is 4.51. The van der Waals surface area contributed by atoms with Crippen molar-refractivity contribution in [3.05, 3.63) is 40.3 Å². The molecule has 0 saturated carbocycles. The number of benzene rings is 1. The smallest absolute Gasteiger partial charge is 0.272 e. The van der Waals surface area contributed by atoms with Crippen molar-refractivity contribution in [2.24, 2.45) is 0 Å². The lowest BCUT2D eigenvalue weighted by molar-refractivity contribution is 0.452. The number of aromatic nitrogens is 2. The molecule has 2 aromatic rings. The van der Waals surface area contributed by atoms with Gasteiger partial charge < -0.3 is 5.32 Å². The molecule has 0 aliphatic carbocycles. The van der Waals surface area contributed by atoms with Crippen molar-refractivity contribution in [3.63, 3.8) is 0 Å². The van der Waals surface area contributed by atoms with Crippen LogP contribution in [0.1, 0.15) is 24.5 Å². The van der Waals surface area contributed by atoms with Crippen molar-refractivity contribution in [1.82, 2.24) is 15.5 Å². The van der Waals surface area contributed by atoms with Crippen LogP contribution in [0.5, 0.6) is 0 Å². The molecule has 4 nitrogen and oxygen atoms in total. The summed E-state index contributed by atoms with van der Waals surface area (Å²) >= 11 is 0. The van der Waals surface area contributed by atoms with Crippen molar-refractivity contribution < 1.29 is 0 Å². The molecule has 17 heavy (non-hydrogen) atoms. The third kappa shape index (κ3) is 1.85. The Hall–Kier alpha value is -1.68. The average molecular weight is 229 g/mol. The molecule has 0 spiro atoms. The predicted molar refractivity (Wildman–Crippen MR) is 67.2 cm³/mol. The largest absolute Gasteiger partial charge is 0.317 e. The van der Waals surface area contributed by atoms with Gasteiger partial charge in [-0.15, -0.1) is 0 Å². The molecule has 1 aromatic heterocycles. The maximum Gasteiger partial charge on any atom is 0.272 e. The molecular weight excluding hydrogens is 214 g/mol. The lowest BCUT2D eigenvalue weighted by Gasteiger charge is -2.22. The zero-order valence-electron chi connectivity index (χ0n) is 9.57. The van der Waals surface area contributed by atoms with Gasteiger partial charge >= 0.3 is 0 Å². The highest BCUT2D eigenvalue weighted by Crippen LogP contribution is 2.27. The Labute approximate surface area is 99.1 Å². The number of hydrogen-bond donors (Lipinski definition) is 2. The first-order chi connectivity index (χ1) is 8.36. The Morgan fingerprint density at radius 1 is 1.12 bits per heavy atom. The minimum Gasteiger partial charge on any atom is -0.317 e. The molecule has 0 radical (unpaired) electrons. The summed E-state index contributed by atoms with van der Waals surface area (Å²) in [5.41, 5.74) is 0.944. The van der Waals surface area contributed by atoms with Crippen LogP contribution in [-0.2, 0) is 0 Å². The number of nitrogens with zero attached hydrogens (tertiary/aromatic N) is 1. The standard InChI is InChI=1S/C13H15N3O/c17-13-11-4-2-1-3-10(11)12(15-16-13)9-5-7-14-8-6-9/h1-4,9,14H,5-8H2,(H,16,17). The van der Waals surface area contributed by atoms with Crippen molar-refractivity contribution in [3.8, 4) is 0 Å². The highest BCUT2D eigenvalue weighted by molar-refractivity contribution is 5.83. The second-order valence-corrected chi connectivity index (χ2v) is 4.51. The minimum atomic E-state index is -0.0988. The van der Waals surface area contributed by atoms with E-state index in [4.69, 9.17) is 0 Å². The van der Waals surface area contributed by atoms with Crippen LogP contribution in [0.4, 0.5) is 0 Å². The van der Waals surface area contributed by atoms with Gasteiger partial charge in [-0.05, 0) is 32.0 Å². The molecule has 1 aliphatic rings. The van der Waals surface area contributed by atoms with Gasteiger partial charge in [0, 0.05) is 11.3 Å². The van der Waals surface area contributed by atoms with E-state index in [9.17, 15) is 4.79 Å². The fourth-order valence-corrected chi connectivity index (χ4v) is 2.54. The summed E-state index contributed by atoms with van der Waals surface area (Å²) in [5.74, 6) is 0.456. The summed E-state index contributed by atoms with van der Waals surface area (Å²) < 4.78 is 0. The molecular formula is C13H15N3O. The van der Waals surface area contributed by atoms with Crippen LogP contribution >= 0.6 is 0 Å². The van der Waals surface area contributed by atoms with Crippen LogP contribution in [-0.4, -0.2) is 23.3 Å². The summed E-state index contributed by atoms with van der Waals surface area (Å²) in [5, 5.41) is 12.0. The fraction of sp³-hybridized carbons (Fsp3) is 0.385. The monoisotopic (exact) mass is 229 g/mol. The highest BCUT2D eigenvalue weighted by atomic mass is 16.1. The molecule has 1 fully saturated rings. The number of hydrogen-bond acceptors (Lipinski definition) is 3. The SMILES string of the molecule is O=c1[nH]nc(C2CCNCC2)c2ccccc12. The van der Waals surface area contributed by atoms with Crippen LogP contribution in [0.2, 0.25) is 0 Å². The first kappa shape index (κ1) is 10.5. The number of H-pyrrole nitrogens is 1. The summed E-state index contributed by atoms with van der Waals surface area (Å²) in [6.45, 7) is 2.06. The molecule has 0 bridgehead atoms. The quantitative estimate of drug-likeness (QED) is 0.777. The Bertz CT molecular complexity index is 584. The average Bonchev–Trinajstić information content (AvgIpc) is 2.41. The molecule has 1 aliphatic heterocycles. The Morgan fingerprint density at radius 3 is 2.59 bits per heavy atom. The molecule has 0 amide bonds. The van der Waals surface area contributed by atoms with E-state index in [0.29, 0.717) is 5.92 Å². The van der Waals surface area contributed by atoms with E-state index in [1.54, 1.807) is 0 Å². The summed E-state index contributed by atoms with van der Waals surface area (Å²) in [6, 6.07) is 7.72. The molecule has 1 saturated heterocycles. The van der Waals surface area contributed by atoms with Crippen LogP contribution in [0.3, 0.4) is 0 Å². The normalized spacial score (nSPS) is 17.4. The lowest BCUT2D eigenvalue weighted by atomic mass is 9.91. The fourth-order valence-electron chi connectivity index (χ4n) is 2.54. The molecule has 3 rings (SSSR count). The van der Waals surface area contributed by atoms with Gasteiger partial charge in [-0.2, -0.15) is 5.10 Å². The van der Waals surface area contributed by atoms with Crippen molar-refractivity contribution in [2.75, 3.05) is 13.1 Å². The molecule has 2 N–H and O–H groups in total. The molecule has 1 aromatic carbocycles. The van der Waals surface area contributed by atoms with Crippen molar-refractivity contribution in [1.29, 1.82) is 0 Å². The van der Waals surface area contributed by atoms with Gasteiger partial charge in [-0.1, -0.05) is 18.2 Å². The third-order valence-electron chi connectivity index (χ3n) is 3.45. The van der Waals surface area contributed by atoms with Crippen LogP contribution < -0.4 is 10.9 Å². The minimum absolute atomic E-state index is 0.0988. The van der Waals surface area contributed by atoms with E-state index in [0.717, 1.165) is 42.4 Å². The van der Waals surface area contributed by atoms with Gasteiger partial charge in [0.2, 0.25) is 0 Å². The topological polar surface area (TPSA) is 57.8 Å². The highest BCUT2D eigenvalue weighted by Gasteiger charge is 2.19. The summed E-state index contributed by atoms with van der Waals surface area (Å²) in [6.07, 6.45) is 2.17. The van der Waals surface area contributed by atoms with E-state index in [1.807, 2.05) is 24.3 Å². The second kappa shape index (κ2) is 4.30. The predicted octanol–water partition coefficient (Wildman–Crippen LogP) is 1.39. The number of piperidine rings is 1. The van der Waals surface area contributed by atoms with E-state index < -0.39 is 0 Å². The number of rotatable bonds is 1. The Kier molecular flexibility index (Phi) is 2.65. The van der Waals surface area contributed by atoms with Gasteiger partial charge in [0.05, 0.1) is 11.1 Å². The molecule has 0 unspecified atom stereocenters. The molecule has 2 heterocycles. The lowest BCUT2D eigenvalue weighted by Crippen LogP contribution is -2.28. The third-order valence-corrected chi connectivity index (χ3v) is 3.45. The van der Waals surface area contributed by atoms with Gasteiger partial charge in [0.1, 0.15) is 0 Å². The van der Waals surface area contributed by atoms with Crippen LogP contribution in [0, 0.1) is 0 Å². The maximum absolute atomic E-state index is 11.7. The van der Waals surface area contributed by atoms with Gasteiger partial charge in [-0.25, -0.2) is 5.10 Å². The van der Waals surface area contributed by atoms with Gasteiger partial charge in [-0.3, -0.25) is 4.79 Å². The molecule has 0 atom stereocenters. The van der Waals surface area contributed by atoms with E-state index in [-0.39, 0.29) is 5.56 Å². The van der Waals surface area contributed by atoms with Gasteiger partial charge in [0.25, 0.3) is 5.56 Å². The zero-order chi connectivity index (χ0) is 11.7. The Morgan fingerprint density at radius 2 is 1.82 bits per heavy atom. The first-order valence-corrected chi connectivity index (χ1v) is 6.04. The zero-order valence-corrected chi connectivity index (χ0v) is 9.57. The maximum atomic E-state index is 11.7. The first-order valence-electron chi connectivity index (χ1n) is 6.04. The molecule has 4 heteroatoms. The van der Waals surface area contributed by atoms with Crippen LogP contribution in [0.15, 0.2) is 29.1 Å². The van der Waals surface area contributed by atoms with Gasteiger partial charge in [0.15, 0.2) is 0 Å². The van der Waals surface area contributed by atoms with E-state index in [1.165, 1.54) is 0 Å². The Balaban J connectivity index is 2.16. The van der Waals surface area contributed by atoms with Crippen molar-refractivity contribution >= 4 is 10.8 Å². The van der Waals surface area contributed by atoms with E-state index in [2.05, 4.69) is 15.5 Å². The van der Waals surface area contributed by atoms with E-state index >= 15 is 0 Å². The van der Waals surface area contributed by atoms with Crippen molar-refractivity contribution in [2.45, 2.75) is 18.8 Å². The summed E-state index contributed by atoms with van der Waals surface area (Å²) in [7, 11) is 0. The number of nitrogens with one attached hydrogen (secondary N) is 2. The summed E-state index contributed by atoms with van der Waals surface area (Å²) in [4.78, 5) is 11.7. The number of aromatic amines is 1. The number of fused-ring (bicyclic) bond motifs is 1. The molecule has 88 valence electrons. The van der Waals surface area contributed by atoms with Crippen LogP contribution in [0.25, 0.3) is 10.8 Å².